The minimum Gasteiger partial charge on any atom is -0.355 e. The number of hydrogen-bond donors (Lipinski definition) is 1. The molecule has 0 saturated carbocycles. The van der Waals surface area contributed by atoms with E-state index in [1.165, 1.54) is 0 Å². The molecule has 1 saturated heterocycles. The molecule has 8 nitrogen and oxygen atoms in total. The standard InChI is InChI=1S/C27H29N7O/c1-18(2)9-12-34-25-24(22(14-28)26(34)32-11-4-6-21(29)16-32)31-17-33(27(25)35)15-19-7-8-23-20(13-19)5-3-10-30-23/h3,5,7-10,13,17,21H,4,6,11-12,15-16,29H2,1-2H3/t21-/m1/s1. The zero-order chi connectivity index (χ0) is 24.5. The molecule has 0 radical (unpaired) electrons. The summed E-state index contributed by atoms with van der Waals surface area (Å²) in [4.78, 5) is 24.9. The fourth-order valence-corrected chi connectivity index (χ4v) is 4.87. The summed E-state index contributed by atoms with van der Waals surface area (Å²) in [5, 5.41) is 11.1. The monoisotopic (exact) mass is 467 g/mol. The Morgan fingerprint density at radius 1 is 1.29 bits per heavy atom. The van der Waals surface area contributed by atoms with Crippen molar-refractivity contribution in [3.05, 3.63) is 76.0 Å². The van der Waals surface area contributed by atoms with E-state index in [9.17, 15) is 10.1 Å². The molecule has 1 aliphatic heterocycles. The zero-order valence-corrected chi connectivity index (χ0v) is 20.1. The van der Waals surface area contributed by atoms with Crippen LogP contribution >= 0.6 is 0 Å². The molecular weight excluding hydrogens is 438 g/mol. The fourth-order valence-electron chi connectivity index (χ4n) is 4.87. The number of fused-ring (bicyclic) bond motifs is 2. The first-order chi connectivity index (χ1) is 17.0. The molecule has 0 bridgehead atoms. The Bertz CT molecular complexity index is 1540. The Labute approximate surface area is 203 Å². The van der Waals surface area contributed by atoms with Crippen molar-refractivity contribution in [1.82, 2.24) is 19.1 Å². The molecule has 8 heteroatoms. The number of pyridine rings is 1. The van der Waals surface area contributed by atoms with Gasteiger partial charge in [-0.25, -0.2) is 4.98 Å². The van der Waals surface area contributed by atoms with E-state index in [0.29, 0.717) is 36.2 Å². The second-order valence-electron chi connectivity index (χ2n) is 9.46. The summed E-state index contributed by atoms with van der Waals surface area (Å²) in [7, 11) is 0. The van der Waals surface area contributed by atoms with Crippen molar-refractivity contribution in [2.24, 2.45) is 5.73 Å². The van der Waals surface area contributed by atoms with Gasteiger partial charge in [-0.1, -0.05) is 23.8 Å². The molecule has 1 aliphatic rings. The lowest BCUT2D eigenvalue weighted by molar-refractivity contribution is 0.498. The van der Waals surface area contributed by atoms with Crippen LogP contribution in [0.2, 0.25) is 0 Å². The SMILES string of the molecule is CC(C)=CCn1c(N2CCC[C@@H](N)C2)c(C#N)c2ncn(Cc3ccc4ncccc4c3)c(=O)c21. The molecule has 0 amide bonds. The van der Waals surface area contributed by atoms with Gasteiger partial charge in [0, 0.05) is 37.3 Å². The minimum absolute atomic E-state index is 0.0391. The third-order valence-electron chi connectivity index (χ3n) is 6.57. The van der Waals surface area contributed by atoms with Gasteiger partial charge >= 0.3 is 0 Å². The number of nitriles is 1. The summed E-state index contributed by atoms with van der Waals surface area (Å²) in [6.07, 6.45) is 7.30. The van der Waals surface area contributed by atoms with Gasteiger partial charge in [-0.15, -0.1) is 0 Å². The highest BCUT2D eigenvalue weighted by Gasteiger charge is 2.28. The first kappa shape index (κ1) is 22.8. The quantitative estimate of drug-likeness (QED) is 0.450. The van der Waals surface area contributed by atoms with Crippen LogP contribution in [0.15, 0.2) is 59.3 Å². The Balaban J connectivity index is 1.66. The predicted octanol–water partition coefficient (Wildman–Crippen LogP) is 3.56. The molecule has 3 aromatic heterocycles. The van der Waals surface area contributed by atoms with Crippen molar-refractivity contribution in [2.45, 2.75) is 45.8 Å². The molecule has 1 atom stereocenters. The van der Waals surface area contributed by atoms with Gasteiger partial charge in [0.05, 0.1) is 18.4 Å². The van der Waals surface area contributed by atoms with E-state index in [-0.39, 0.29) is 11.6 Å². The van der Waals surface area contributed by atoms with E-state index in [1.807, 2.05) is 48.7 Å². The Morgan fingerprint density at radius 3 is 2.91 bits per heavy atom. The van der Waals surface area contributed by atoms with Crippen molar-refractivity contribution in [3.63, 3.8) is 0 Å². The van der Waals surface area contributed by atoms with E-state index in [1.54, 1.807) is 17.1 Å². The van der Waals surface area contributed by atoms with Gasteiger partial charge in [-0.2, -0.15) is 5.26 Å². The molecule has 178 valence electrons. The van der Waals surface area contributed by atoms with Crippen molar-refractivity contribution in [1.29, 1.82) is 5.26 Å². The smallest absolute Gasteiger partial charge is 0.278 e. The van der Waals surface area contributed by atoms with Crippen LogP contribution < -0.4 is 16.2 Å². The van der Waals surface area contributed by atoms with Crippen LogP contribution in [-0.4, -0.2) is 38.2 Å². The highest BCUT2D eigenvalue weighted by atomic mass is 16.1. The van der Waals surface area contributed by atoms with Gasteiger partial charge in [-0.3, -0.25) is 14.3 Å². The molecule has 1 aromatic carbocycles. The minimum atomic E-state index is -0.160. The summed E-state index contributed by atoms with van der Waals surface area (Å²) in [5.74, 6) is 0.745. The number of benzene rings is 1. The van der Waals surface area contributed by atoms with Crippen LogP contribution in [0.25, 0.3) is 21.9 Å². The molecule has 0 unspecified atom stereocenters. The van der Waals surface area contributed by atoms with Crippen LogP contribution in [0.3, 0.4) is 0 Å². The lowest BCUT2D eigenvalue weighted by Crippen LogP contribution is -2.44. The maximum Gasteiger partial charge on any atom is 0.278 e. The number of nitrogens with zero attached hydrogens (tertiary/aromatic N) is 6. The highest BCUT2D eigenvalue weighted by molar-refractivity contribution is 5.89. The molecule has 0 aliphatic carbocycles. The Hall–Kier alpha value is -3.96. The number of piperidine rings is 1. The number of rotatable bonds is 5. The Kier molecular flexibility index (Phi) is 6.10. The van der Waals surface area contributed by atoms with Gasteiger partial charge in [0.2, 0.25) is 0 Å². The molecule has 0 spiro atoms. The first-order valence-electron chi connectivity index (χ1n) is 12.0. The van der Waals surface area contributed by atoms with E-state index in [4.69, 9.17) is 5.73 Å². The van der Waals surface area contributed by atoms with E-state index >= 15 is 0 Å². The molecule has 1 fully saturated rings. The first-order valence-corrected chi connectivity index (χ1v) is 12.0. The van der Waals surface area contributed by atoms with E-state index in [0.717, 1.165) is 47.2 Å². The van der Waals surface area contributed by atoms with Gasteiger partial charge in [0.25, 0.3) is 5.56 Å². The largest absolute Gasteiger partial charge is 0.355 e. The summed E-state index contributed by atoms with van der Waals surface area (Å²) >= 11 is 0. The average Bonchev–Trinajstić information content (AvgIpc) is 3.18. The zero-order valence-electron chi connectivity index (χ0n) is 20.1. The third-order valence-corrected chi connectivity index (χ3v) is 6.57. The third kappa shape index (κ3) is 4.31. The van der Waals surface area contributed by atoms with Gasteiger partial charge < -0.3 is 15.2 Å². The highest BCUT2D eigenvalue weighted by Crippen LogP contribution is 2.32. The number of nitrogens with two attached hydrogens (primary N) is 1. The van der Waals surface area contributed by atoms with Crippen LogP contribution in [0.5, 0.6) is 0 Å². The lowest BCUT2D eigenvalue weighted by atomic mass is 10.1. The lowest BCUT2D eigenvalue weighted by Gasteiger charge is -2.33. The van der Waals surface area contributed by atoms with Crippen molar-refractivity contribution < 1.29 is 0 Å². The maximum atomic E-state index is 13.8. The number of anilines is 1. The summed E-state index contributed by atoms with van der Waals surface area (Å²) in [5.41, 5.74) is 10.5. The topological polar surface area (TPSA) is 106 Å². The van der Waals surface area contributed by atoms with Crippen molar-refractivity contribution >= 4 is 27.8 Å². The van der Waals surface area contributed by atoms with Crippen LogP contribution in [0, 0.1) is 11.3 Å². The molecule has 4 heterocycles. The van der Waals surface area contributed by atoms with Gasteiger partial charge in [0.1, 0.15) is 28.5 Å². The fraction of sp³-hybridized carbons (Fsp3) is 0.333. The summed E-state index contributed by atoms with van der Waals surface area (Å²) < 4.78 is 3.57. The maximum absolute atomic E-state index is 13.8. The van der Waals surface area contributed by atoms with Crippen LogP contribution in [0.1, 0.15) is 37.8 Å². The van der Waals surface area contributed by atoms with Crippen LogP contribution in [-0.2, 0) is 13.1 Å². The normalized spacial score (nSPS) is 15.9. The number of aromatic nitrogens is 4. The van der Waals surface area contributed by atoms with E-state index < -0.39 is 0 Å². The van der Waals surface area contributed by atoms with Crippen molar-refractivity contribution in [3.8, 4) is 6.07 Å². The van der Waals surface area contributed by atoms with Crippen molar-refractivity contribution in [2.75, 3.05) is 18.0 Å². The molecule has 5 rings (SSSR count). The summed E-state index contributed by atoms with van der Waals surface area (Å²) in [6.45, 7) is 6.37. The predicted molar refractivity (Wildman–Crippen MR) is 138 cm³/mol. The molecule has 2 N–H and O–H groups in total. The summed E-state index contributed by atoms with van der Waals surface area (Å²) in [6, 6.07) is 12.3. The number of allylic oxidation sites excluding steroid dienone is 2. The number of hydrogen-bond acceptors (Lipinski definition) is 6. The molecule has 4 aromatic rings. The Morgan fingerprint density at radius 2 is 2.14 bits per heavy atom. The average molecular weight is 468 g/mol. The van der Waals surface area contributed by atoms with Crippen LogP contribution in [0.4, 0.5) is 5.82 Å². The molecular formula is C27H29N7O. The van der Waals surface area contributed by atoms with Gasteiger partial charge in [0.15, 0.2) is 0 Å². The second-order valence-corrected chi connectivity index (χ2v) is 9.46. The molecule has 35 heavy (non-hydrogen) atoms. The van der Waals surface area contributed by atoms with Gasteiger partial charge in [-0.05, 0) is 50.5 Å². The van der Waals surface area contributed by atoms with E-state index in [2.05, 4.69) is 27.0 Å². The second kappa shape index (κ2) is 9.35.